The quantitative estimate of drug-likeness (QED) is 0.0566. The zero-order chi connectivity index (χ0) is 88.6. The van der Waals surface area contributed by atoms with Gasteiger partial charge in [-0.05, 0) is 240 Å². The number of anilines is 6. The number of halogens is 3. The van der Waals surface area contributed by atoms with Gasteiger partial charge in [-0.25, -0.2) is 29.9 Å². The number of nitrogens with one attached hydrogen (secondary N) is 6. The molecule has 0 amide bonds. The van der Waals surface area contributed by atoms with E-state index in [-0.39, 0.29) is 0 Å². The average Bonchev–Trinajstić information content (AvgIpc) is 1.59. The van der Waals surface area contributed by atoms with Crippen molar-refractivity contribution in [3.8, 4) is 34.8 Å². The average molecular weight is 1930 g/mol. The van der Waals surface area contributed by atoms with Gasteiger partial charge in [0.1, 0.15) is 34.9 Å². The SMILES string of the molecule is CC#Cc1cnn2c(N)cc(C3CCCNC3)nc12.CC#Cc1cnn2c(N)cc(C3CCCNC3)nc12.CC1=CC(c2cnn3c(N)cc(C4CCCNC4)nc23)=CC1.CC1=CCC=C1c1cnn2c(N)c(Br)c(C3CCCNC3)nc12.Cc1sccc1-c1cnn2c(N)c(Br)c(C3CCCNC3)nc12.Nc1c(Br)c(C2CCCNC2)nc2c(C3=NC=CC3)cnn12. The minimum atomic E-state index is 0.377. The van der Waals surface area contributed by atoms with Crippen LogP contribution in [0.1, 0.15) is 226 Å². The lowest BCUT2D eigenvalue weighted by Crippen LogP contribution is -2.29. The first-order valence-corrected chi connectivity index (χ1v) is 47.7. The van der Waals surface area contributed by atoms with Crippen LogP contribution in [0.15, 0.2) is 133 Å². The third kappa shape index (κ3) is 18.9. The van der Waals surface area contributed by atoms with Crippen molar-refractivity contribution in [1.29, 1.82) is 0 Å². The Kier molecular flexibility index (Phi) is 28.0. The lowest BCUT2D eigenvalue weighted by Gasteiger charge is -2.24. The second-order valence-electron chi connectivity index (χ2n) is 33.8. The van der Waals surface area contributed by atoms with E-state index >= 15 is 0 Å². The van der Waals surface area contributed by atoms with Crippen LogP contribution in [0.25, 0.3) is 56.2 Å². The van der Waals surface area contributed by atoms with E-state index in [1.54, 1.807) is 57.0 Å². The number of aryl methyl sites for hydroxylation is 1. The van der Waals surface area contributed by atoms with Gasteiger partial charge in [0.2, 0.25) is 0 Å². The summed E-state index contributed by atoms with van der Waals surface area (Å²) >= 11 is 12.6. The van der Waals surface area contributed by atoms with Gasteiger partial charge < -0.3 is 66.3 Å². The molecular formula is C93H110Br3N31S. The number of nitrogen functional groups attached to an aromatic ring is 6. The molecule has 6 fully saturated rings. The third-order valence-electron chi connectivity index (χ3n) is 25.1. The molecule has 35 heteroatoms. The summed E-state index contributed by atoms with van der Waals surface area (Å²) in [5, 5.41) is 48.9. The van der Waals surface area contributed by atoms with Crippen LogP contribution in [0, 0.1) is 30.6 Å². The zero-order valence-corrected chi connectivity index (χ0v) is 78.4. The Labute approximate surface area is 772 Å². The van der Waals surface area contributed by atoms with Crippen molar-refractivity contribution in [3.63, 3.8) is 0 Å². The van der Waals surface area contributed by atoms with Crippen LogP contribution >= 0.6 is 59.1 Å². The van der Waals surface area contributed by atoms with Crippen molar-refractivity contribution in [2.24, 2.45) is 4.99 Å². The summed E-state index contributed by atoms with van der Waals surface area (Å²) in [7, 11) is 0. The molecule has 0 radical (unpaired) electrons. The van der Waals surface area contributed by atoms with Crippen LogP contribution in [0.4, 0.5) is 34.9 Å². The fourth-order valence-electron chi connectivity index (χ4n) is 18.3. The molecule has 0 aromatic carbocycles. The van der Waals surface area contributed by atoms with Gasteiger partial charge in [-0.15, -0.1) is 23.2 Å². The normalized spacial score (nSPS) is 20.4. The van der Waals surface area contributed by atoms with E-state index in [1.807, 2.05) is 62.9 Å². The number of nitrogens with two attached hydrogens (primary N) is 6. The molecule has 2 aliphatic carbocycles. The maximum atomic E-state index is 6.33. The van der Waals surface area contributed by atoms with Crippen molar-refractivity contribution in [3.05, 3.63) is 195 Å². The molecule has 7 aliphatic heterocycles. The second kappa shape index (κ2) is 40.3. The Morgan fingerprint density at radius 3 is 1.18 bits per heavy atom. The first-order chi connectivity index (χ1) is 62.4. The number of aliphatic imine (C=N–C) groups is 1. The fourth-order valence-corrected chi connectivity index (χ4v) is 20.7. The summed E-state index contributed by atoms with van der Waals surface area (Å²) in [5.74, 6) is 18.0. The monoisotopic (exact) mass is 1930 g/mol. The fraction of sp³-hybridized carbons (Fsp3) is 0.409. The van der Waals surface area contributed by atoms with Crippen LogP contribution in [0.2, 0.25) is 0 Å². The Morgan fingerprint density at radius 2 is 0.797 bits per heavy atom. The van der Waals surface area contributed by atoms with Gasteiger partial charge in [0.25, 0.3) is 0 Å². The van der Waals surface area contributed by atoms with Crippen molar-refractivity contribution in [1.82, 2.24) is 119 Å². The van der Waals surface area contributed by atoms with E-state index in [4.69, 9.17) is 64.3 Å². The summed E-state index contributed by atoms with van der Waals surface area (Å²) in [6, 6.07) is 7.96. The molecule has 31 nitrogen and oxygen atoms in total. The van der Waals surface area contributed by atoms with Crippen LogP contribution in [0.5, 0.6) is 0 Å². The van der Waals surface area contributed by atoms with E-state index in [1.165, 1.54) is 71.3 Å². The molecule has 6 saturated heterocycles. The highest BCUT2D eigenvalue weighted by Gasteiger charge is 2.31. The number of hydrogen-bond donors (Lipinski definition) is 12. The molecule has 18 N–H and O–H groups in total. The minimum Gasteiger partial charge on any atom is -0.384 e. The van der Waals surface area contributed by atoms with Crippen LogP contribution in [-0.4, -0.2) is 172 Å². The number of hydrogen-bond acceptors (Lipinski definition) is 26. The molecule has 22 rings (SSSR count). The zero-order valence-electron chi connectivity index (χ0n) is 72.9. The highest BCUT2D eigenvalue weighted by molar-refractivity contribution is 9.11. The van der Waals surface area contributed by atoms with Crippen molar-refractivity contribution < 1.29 is 0 Å². The second-order valence-corrected chi connectivity index (χ2v) is 37.3. The molecule has 13 aromatic heterocycles. The van der Waals surface area contributed by atoms with Gasteiger partial charge in [-0.2, -0.15) is 57.7 Å². The molecule has 0 bridgehead atoms. The first-order valence-electron chi connectivity index (χ1n) is 44.4. The molecule has 664 valence electrons. The van der Waals surface area contributed by atoms with Crippen LogP contribution < -0.4 is 66.3 Å². The summed E-state index contributed by atoms with van der Waals surface area (Å²) < 4.78 is 12.8. The molecule has 6 unspecified atom stereocenters. The van der Waals surface area contributed by atoms with E-state index in [2.05, 4.69) is 195 Å². The minimum absolute atomic E-state index is 0.377. The maximum absolute atomic E-state index is 6.33. The highest BCUT2D eigenvalue weighted by Crippen LogP contribution is 2.41. The smallest absolute Gasteiger partial charge is 0.173 e. The molecule has 13 aromatic rings. The van der Waals surface area contributed by atoms with E-state index in [9.17, 15) is 0 Å². The van der Waals surface area contributed by atoms with E-state index in [0.29, 0.717) is 70.4 Å². The van der Waals surface area contributed by atoms with Crippen molar-refractivity contribution in [2.45, 2.75) is 166 Å². The number of piperidine rings is 6. The molecule has 0 saturated carbocycles. The topological polar surface area (TPSA) is 422 Å². The summed E-state index contributed by atoms with van der Waals surface area (Å²) in [6.45, 7) is 22.3. The number of rotatable bonds is 10. The van der Waals surface area contributed by atoms with E-state index in [0.717, 1.165) is 257 Å². The standard InChI is InChI=1S/C17H20BrN5.C17H21N5.C16H18BrN5S.C15H17BrN6.2C14H17N5/c1-10-4-2-6-12(10)13-9-21-23-16(19)14(18)15(22-17(13)23)11-5-3-7-20-8-11;1-11-4-5-12(7-11)14-10-20-22-16(18)8-15(21-17(14)22)13-3-2-6-19-9-13;1-9-11(4-6-23-9)12-8-20-22-15(18)13(17)14(21-16(12)22)10-3-2-5-19-7-10;16-12-13(9-3-1-5-18-7-9)21-15-10(11-4-2-6-19-11)8-20-22(15)14(12)17;2*1-2-4-11-9-17-19-13(15)7-12(18-14(11)19)10-5-3-6-16-8-10/h4,6,9,11,20H,2-3,5,7-8,19H2,1H3;5,7-8,10,13,19H,2-4,6,9,18H2,1H3;4,6,8,10,19H,2-3,5,7,18H2,1H3;2,6,8-9,18H,1,3-5,7,17H2;2*7,9-10,16H,3,5-6,8,15H2,1H3. The molecular weight excluding hydrogens is 1820 g/mol. The van der Waals surface area contributed by atoms with Crippen molar-refractivity contribution >= 4 is 145 Å². The number of nitrogens with zero attached hydrogens (tertiary/aromatic N) is 19. The van der Waals surface area contributed by atoms with Gasteiger partial charge in [0.05, 0.1) is 107 Å². The first kappa shape index (κ1) is 88.9. The van der Waals surface area contributed by atoms with E-state index < -0.39 is 0 Å². The predicted molar refractivity (Wildman–Crippen MR) is 523 cm³/mol. The summed E-state index contributed by atoms with van der Waals surface area (Å²) in [4.78, 5) is 34.8. The Hall–Kier alpha value is -11.1. The maximum Gasteiger partial charge on any atom is 0.173 e. The van der Waals surface area contributed by atoms with Gasteiger partial charge in [0.15, 0.2) is 33.9 Å². The van der Waals surface area contributed by atoms with Gasteiger partial charge >= 0.3 is 0 Å². The third-order valence-corrected chi connectivity index (χ3v) is 28.4. The highest BCUT2D eigenvalue weighted by atomic mass is 79.9. The van der Waals surface area contributed by atoms with Gasteiger partial charge in [0, 0.05) is 133 Å². The number of aromatic nitrogens is 18. The Balaban J connectivity index is 0.000000108. The Morgan fingerprint density at radius 1 is 0.414 bits per heavy atom. The molecule has 9 aliphatic rings. The number of fused-ring (bicyclic) bond motifs is 6. The largest absolute Gasteiger partial charge is 0.384 e. The molecule has 0 spiro atoms. The summed E-state index contributed by atoms with van der Waals surface area (Å²) in [5.41, 5.74) is 61.5. The predicted octanol–water partition coefficient (Wildman–Crippen LogP) is 13.9. The molecule has 6 atom stereocenters. The Bertz CT molecular complexity index is 6490. The van der Waals surface area contributed by atoms with Crippen molar-refractivity contribution in [2.75, 3.05) is 113 Å². The van der Waals surface area contributed by atoms with Crippen LogP contribution in [0.3, 0.4) is 0 Å². The summed E-state index contributed by atoms with van der Waals surface area (Å²) in [6.07, 6.45) is 40.3. The molecule has 20 heterocycles. The number of thiophene rings is 1. The lowest BCUT2D eigenvalue weighted by molar-refractivity contribution is 0.453. The van der Waals surface area contributed by atoms with Crippen LogP contribution in [-0.2, 0) is 0 Å². The lowest BCUT2D eigenvalue weighted by atomic mass is 9.95. The van der Waals surface area contributed by atoms with Gasteiger partial charge in [-0.1, -0.05) is 47.8 Å². The molecule has 128 heavy (non-hydrogen) atoms. The number of allylic oxidation sites excluding steroid dienone is 9. The van der Waals surface area contributed by atoms with Gasteiger partial charge in [-0.3, -0.25) is 4.99 Å².